The van der Waals surface area contributed by atoms with E-state index in [1.165, 1.54) is 12.1 Å². The molecule has 0 aliphatic carbocycles. The number of hydrogen-bond donors (Lipinski definition) is 1. The zero-order valence-electron chi connectivity index (χ0n) is 18.2. The van der Waals surface area contributed by atoms with Gasteiger partial charge < -0.3 is 10.2 Å². The van der Waals surface area contributed by atoms with Gasteiger partial charge in [-0.1, -0.05) is 29.8 Å². The van der Waals surface area contributed by atoms with Crippen molar-refractivity contribution in [3.63, 3.8) is 0 Å². The fourth-order valence-corrected chi connectivity index (χ4v) is 4.62. The lowest BCUT2D eigenvalue weighted by atomic mass is 9.97. The van der Waals surface area contributed by atoms with Gasteiger partial charge in [0.15, 0.2) is 5.82 Å². The predicted molar refractivity (Wildman–Crippen MR) is 127 cm³/mol. The minimum absolute atomic E-state index is 0.0711. The Kier molecular flexibility index (Phi) is 6.15. The second-order valence-corrected chi connectivity index (χ2v) is 8.78. The number of carbonyl (C=O) groups is 1. The molecule has 1 saturated heterocycles. The molecule has 9 heteroatoms. The number of nitrogens with one attached hydrogen (secondary N) is 1. The van der Waals surface area contributed by atoms with Gasteiger partial charge in [0.1, 0.15) is 17.2 Å². The molecule has 34 heavy (non-hydrogen) atoms. The van der Waals surface area contributed by atoms with Crippen LogP contribution in [0.4, 0.5) is 14.6 Å². The van der Waals surface area contributed by atoms with Crippen molar-refractivity contribution in [2.45, 2.75) is 19.4 Å². The van der Waals surface area contributed by atoms with Gasteiger partial charge in [-0.2, -0.15) is 5.10 Å². The molecule has 0 bridgehead atoms. The van der Waals surface area contributed by atoms with Gasteiger partial charge in [-0.25, -0.2) is 18.3 Å². The van der Waals surface area contributed by atoms with Crippen LogP contribution in [0.3, 0.4) is 0 Å². The van der Waals surface area contributed by atoms with Crippen LogP contribution in [0.5, 0.6) is 0 Å². The smallest absolute Gasteiger partial charge is 0.225 e. The molecule has 1 fully saturated rings. The van der Waals surface area contributed by atoms with Crippen LogP contribution in [0, 0.1) is 17.6 Å². The molecule has 5 rings (SSSR count). The zero-order valence-corrected chi connectivity index (χ0v) is 19.0. The molecule has 0 radical (unpaired) electrons. The van der Waals surface area contributed by atoms with E-state index in [1.807, 2.05) is 30.3 Å². The molecule has 1 amide bonds. The van der Waals surface area contributed by atoms with E-state index in [9.17, 15) is 13.6 Å². The van der Waals surface area contributed by atoms with E-state index < -0.39 is 11.6 Å². The van der Waals surface area contributed by atoms with Gasteiger partial charge in [-0.15, -0.1) is 0 Å². The molecule has 1 aliphatic heterocycles. The van der Waals surface area contributed by atoms with Crippen molar-refractivity contribution in [3.8, 4) is 11.3 Å². The third kappa shape index (κ3) is 4.59. The van der Waals surface area contributed by atoms with Crippen molar-refractivity contribution in [2.24, 2.45) is 5.92 Å². The fourth-order valence-electron chi connectivity index (χ4n) is 4.38. The number of fused-ring (bicyclic) bond motifs is 1. The number of anilines is 1. The number of benzene rings is 2. The number of hydrogen-bond acceptors (Lipinski definition) is 4. The van der Waals surface area contributed by atoms with Crippen molar-refractivity contribution in [1.82, 2.24) is 19.9 Å². The Labute approximate surface area is 200 Å². The first kappa shape index (κ1) is 22.3. The number of nitrogens with zero attached hydrogens (tertiary/aromatic N) is 4. The summed E-state index contributed by atoms with van der Waals surface area (Å²) in [5.41, 5.74) is 2.79. The minimum Gasteiger partial charge on any atom is -0.354 e. The first-order valence-corrected chi connectivity index (χ1v) is 11.4. The van der Waals surface area contributed by atoms with Gasteiger partial charge >= 0.3 is 0 Å². The zero-order chi connectivity index (χ0) is 23.7. The molecule has 2 aromatic carbocycles. The van der Waals surface area contributed by atoms with E-state index in [-0.39, 0.29) is 18.4 Å². The third-order valence-electron chi connectivity index (χ3n) is 6.00. The predicted octanol–water partition coefficient (Wildman–Crippen LogP) is 4.86. The maximum absolute atomic E-state index is 13.4. The van der Waals surface area contributed by atoms with E-state index in [4.69, 9.17) is 11.6 Å². The Morgan fingerprint density at radius 3 is 2.74 bits per heavy atom. The summed E-state index contributed by atoms with van der Waals surface area (Å²) in [5, 5.41) is 8.09. The quantitative estimate of drug-likeness (QED) is 0.442. The van der Waals surface area contributed by atoms with E-state index in [1.54, 1.807) is 16.9 Å². The highest BCUT2D eigenvalue weighted by Crippen LogP contribution is 2.31. The third-order valence-corrected chi connectivity index (χ3v) is 6.33. The van der Waals surface area contributed by atoms with Crippen LogP contribution in [0.25, 0.3) is 16.8 Å². The number of piperidine rings is 1. The molecule has 6 nitrogen and oxygen atoms in total. The molecule has 1 aliphatic rings. The fraction of sp³-hybridized carbons (Fsp3) is 0.240. The highest BCUT2D eigenvalue weighted by Gasteiger charge is 2.28. The first-order chi connectivity index (χ1) is 16.5. The summed E-state index contributed by atoms with van der Waals surface area (Å²) in [7, 11) is 0. The van der Waals surface area contributed by atoms with Crippen molar-refractivity contribution in [2.75, 3.05) is 18.0 Å². The molecular formula is C25H22ClF2N5O. The summed E-state index contributed by atoms with van der Waals surface area (Å²) in [5.74, 6) is -0.988. The summed E-state index contributed by atoms with van der Waals surface area (Å²) in [4.78, 5) is 19.5. The topological polar surface area (TPSA) is 62.5 Å². The molecule has 0 saturated carbocycles. The Morgan fingerprint density at radius 1 is 1.15 bits per heavy atom. The summed E-state index contributed by atoms with van der Waals surface area (Å²) >= 11 is 6.36. The van der Waals surface area contributed by atoms with Gasteiger partial charge in [0.05, 0.1) is 16.6 Å². The Balaban J connectivity index is 1.33. The number of aromatic nitrogens is 3. The molecule has 0 unspecified atom stereocenters. The molecule has 4 aromatic rings. The molecule has 174 valence electrons. The molecule has 0 spiro atoms. The molecule has 1 atom stereocenters. The van der Waals surface area contributed by atoms with E-state index in [0.717, 1.165) is 48.0 Å². The van der Waals surface area contributed by atoms with Gasteiger partial charge in [0.2, 0.25) is 5.91 Å². The van der Waals surface area contributed by atoms with E-state index in [0.29, 0.717) is 17.1 Å². The van der Waals surface area contributed by atoms with Crippen LogP contribution in [0.2, 0.25) is 5.02 Å². The molecule has 2 aromatic heterocycles. The highest BCUT2D eigenvalue weighted by atomic mass is 35.5. The normalized spacial score (nSPS) is 16.1. The standard InChI is InChI=1S/C25H22ClF2N5O/c26-21-6-2-1-5-20(21)22-13-23-24(29-7-9-33(23)31-22)32-8-3-4-17(15-32)25(34)30-14-16-10-18(27)12-19(28)11-16/h1-2,5-7,9-13,17H,3-4,8,14-15H2,(H,30,34)/t17-/m1/s1. The summed E-state index contributed by atoms with van der Waals surface area (Å²) in [6.07, 6.45) is 5.02. The van der Waals surface area contributed by atoms with Gasteiger partial charge in [0, 0.05) is 43.7 Å². The number of halogens is 3. The van der Waals surface area contributed by atoms with Crippen LogP contribution < -0.4 is 10.2 Å². The van der Waals surface area contributed by atoms with Crippen LogP contribution >= 0.6 is 11.6 Å². The molecule has 3 heterocycles. The average molecular weight is 482 g/mol. The largest absolute Gasteiger partial charge is 0.354 e. The highest BCUT2D eigenvalue weighted by molar-refractivity contribution is 6.33. The lowest BCUT2D eigenvalue weighted by Crippen LogP contribution is -2.43. The second-order valence-electron chi connectivity index (χ2n) is 8.37. The van der Waals surface area contributed by atoms with Gasteiger partial charge in [0.25, 0.3) is 0 Å². The Morgan fingerprint density at radius 2 is 1.94 bits per heavy atom. The van der Waals surface area contributed by atoms with Gasteiger partial charge in [-0.3, -0.25) is 4.79 Å². The summed E-state index contributed by atoms with van der Waals surface area (Å²) < 4.78 is 28.6. The van der Waals surface area contributed by atoms with Crippen LogP contribution in [-0.2, 0) is 11.3 Å². The summed E-state index contributed by atoms with van der Waals surface area (Å²) in [6.45, 7) is 1.32. The van der Waals surface area contributed by atoms with Gasteiger partial charge in [-0.05, 0) is 42.7 Å². The Hall–Kier alpha value is -3.52. The lowest BCUT2D eigenvalue weighted by molar-refractivity contribution is -0.125. The number of amides is 1. The van der Waals surface area contributed by atoms with Crippen molar-refractivity contribution in [1.29, 1.82) is 0 Å². The minimum atomic E-state index is -0.663. The molecule has 1 N–H and O–H groups in total. The SMILES string of the molecule is O=C(NCc1cc(F)cc(F)c1)[C@@H]1CCCN(c2nccn3nc(-c4ccccc4Cl)cc23)C1. The van der Waals surface area contributed by atoms with Crippen LogP contribution in [0.15, 0.2) is 60.9 Å². The first-order valence-electron chi connectivity index (χ1n) is 11.0. The monoisotopic (exact) mass is 481 g/mol. The van der Waals surface area contributed by atoms with Crippen LogP contribution in [-0.4, -0.2) is 33.6 Å². The van der Waals surface area contributed by atoms with Crippen molar-refractivity contribution >= 4 is 28.8 Å². The number of rotatable bonds is 5. The maximum atomic E-state index is 13.4. The second kappa shape index (κ2) is 9.38. The lowest BCUT2D eigenvalue weighted by Gasteiger charge is -2.33. The maximum Gasteiger partial charge on any atom is 0.225 e. The number of carbonyl (C=O) groups excluding carboxylic acids is 1. The van der Waals surface area contributed by atoms with E-state index in [2.05, 4.69) is 20.3 Å². The van der Waals surface area contributed by atoms with Crippen LogP contribution in [0.1, 0.15) is 18.4 Å². The Bertz CT molecular complexity index is 1340. The van der Waals surface area contributed by atoms with Crippen molar-refractivity contribution < 1.29 is 13.6 Å². The molecular weight excluding hydrogens is 460 g/mol. The summed E-state index contributed by atoms with van der Waals surface area (Å²) in [6, 6.07) is 12.7. The average Bonchev–Trinajstić information content (AvgIpc) is 3.26. The van der Waals surface area contributed by atoms with Crippen molar-refractivity contribution in [3.05, 3.63) is 83.1 Å². The van der Waals surface area contributed by atoms with E-state index >= 15 is 0 Å².